The minimum Gasteiger partial charge on any atom is -0.497 e. The lowest BCUT2D eigenvalue weighted by molar-refractivity contribution is -0.341. The quantitative estimate of drug-likeness (QED) is 0.267. The van der Waals surface area contributed by atoms with Gasteiger partial charge in [0.15, 0.2) is 11.2 Å². The molecule has 1 aliphatic rings. The van der Waals surface area contributed by atoms with Gasteiger partial charge in [-0.2, -0.15) is 0 Å². The van der Waals surface area contributed by atoms with E-state index in [1.165, 1.54) is 0 Å². The van der Waals surface area contributed by atoms with Crippen molar-refractivity contribution in [1.82, 2.24) is 0 Å². The maximum absolute atomic E-state index is 6.45. The summed E-state index contributed by atoms with van der Waals surface area (Å²) in [5, 5.41) is 0. The van der Waals surface area contributed by atoms with Crippen molar-refractivity contribution in [2.24, 2.45) is 0 Å². The van der Waals surface area contributed by atoms with Gasteiger partial charge in [-0.15, -0.1) is 0 Å². The summed E-state index contributed by atoms with van der Waals surface area (Å²) in [5.41, 5.74) is 1.98. The first kappa shape index (κ1) is 24.7. The second-order valence-electron chi connectivity index (χ2n) is 8.91. The summed E-state index contributed by atoms with van der Waals surface area (Å²) in [6, 6.07) is 31.6. The molecule has 5 rings (SSSR count). The Labute approximate surface area is 217 Å². The number of ether oxygens (including phenoxy) is 4. The minimum absolute atomic E-state index is 0.483. The van der Waals surface area contributed by atoms with Gasteiger partial charge in [-0.25, -0.2) is 9.78 Å². The average Bonchev–Trinajstić information content (AvgIpc) is 3.40. The Hall–Kier alpha value is -4.00. The first-order valence-electron chi connectivity index (χ1n) is 12.0. The molecule has 0 saturated carbocycles. The standard InChI is InChI=1S/C31H30O6/c1-32-26-13-5-22(6-14-26)30(23-7-15-27(33-2)16-8-23)21-31(37-36-30,24-9-17-28(34-3)18-10-24)25-11-19-29(35-4)20-12-25/h5-20H,21H2,1-4H3. The van der Waals surface area contributed by atoms with Crippen molar-refractivity contribution in [2.75, 3.05) is 28.4 Å². The molecular weight excluding hydrogens is 468 g/mol. The first-order valence-corrected chi connectivity index (χ1v) is 12.0. The van der Waals surface area contributed by atoms with E-state index < -0.39 is 11.2 Å². The van der Waals surface area contributed by atoms with Crippen molar-refractivity contribution in [3.63, 3.8) is 0 Å². The summed E-state index contributed by atoms with van der Waals surface area (Å²) in [7, 11) is 6.62. The van der Waals surface area contributed by atoms with E-state index in [-0.39, 0.29) is 0 Å². The van der Waals surface area contributed by atoms with E-state index in [0.29, 0.717) is 6.42 Å². The van der Waals surface area contributed by atoms with Crippen molar-refractivity contribution < 1.29 is 28.7 Å². The molecule has 1 heterocycles. The molecule has 6 nitrogen and oxygen atoms in total. The van der Waals surface area contributed by atoms with Gasteiger partial charge in [0.2, 0.25) is 0 Å². The van der Waals surface area contributed by atoms with Gasteiger partial charge in [-0.3, -0.25) is 0 Å². The summed E-state index contributed by atoms with van der Waals surface area (Å²) in [6.45, 7) is 0. The first-order chi connectivity index (χ1) is 18.1. The molecule has 0 bridgehead atoms. The molecule has 190 valence electrons. The molecule has 1 aliphatic heterocycles. The minimum atomic E-state index is -0.904. The third kappa shape index (κ3) is 4.39. The molecule has 1 saturated heterocycles. The SMILES string of the molecule is COc1ccc(C2(c3ccc(OC)cc3)CC(c3ccc(OC)cc3)(c3ccc(OC)cc3)OO2)cc1. The third-order valence-corrected chi connectivity index (χ3v) is 7.05. The lowest BCUT2D eigenvalue weighted by atomic mass is 9.73. The van der Waals surface area contributed by atoms with Crippen LogP contribution in [0.5, 0.6) is 23.0 Å². The second-order valence-corrected chi connectivity index (χ2v) is 8.91. The molecule has 6 heteroatoms. The van der Waals surface area contributed by atoms with E-state index >= 15 is 0 Å². The average molecular weight is 499 g/mol. The van der Waals surface area contributed by atoms with Gasteiger partial charge >= 0.3 is 0 Å². The second kappa shape index (κ2) is 10.2. The number of methoxy groups -OCH3 is 4. The lowest BCUT2D eigenvalue weighted by Gasteiger charge is -2.30. The summed E-state index contributed by atoms with van der Waals surface area (Å²) in [5.74, 6) is 3.07. The number of hydrogen-bond acceptors (Lipinski definition) is 6. The lowest BCUT2D eigenvalue weighted by Crippen LogP contribution is -2.31. The molecule has 0 spiro atoms. The van der Waals surface area contributed by atoms with E-state index in [1.807, 2.05) is 97.1 Å². The highest BCUT2D eigenvalue weighted by molar-refractivity contribution is 5.47. The molecule has 0 radical (unpaired) electrons. The van der Waals surface area contributed by atoms with Crippen LogP contribution in [0, 0.1) is 0 Å². The highest BCUT2D eigenvalue weighted by atomic mass is 17.2. The van der Waals surface area contributed by atoms with E-state index in [0.717, 1.165) is 45.3 Å². The molecule has 0 aliphatic carbocycles. The van der Waals surface area contributed by atoms with Crippen LogP contribution >= 0.6 is 0 Å². The van der Waals surface area contributed by atoms with Gasteiger partial charge in [-0.05, 0) is 70.8 Å². The fraction of sp³-hybridized carbons (Fsp3) is 0.226. The topological polar surface area (TPSA) is 55.4 Å². The Kier molecular flexibility index (Phi) is 6.78. The van der Waals surface area contributed by atoms with Crippen molar-refractivity contribution >= 4 is 0 Å². The van der Waals surface area contributed by atoms with Crippen LogP contribution in [0.1, 0.15) is 28.7 Å². The summed E-state index contributed by atoms with van der Waals surface area (Å²) < 4.78 is 21.6. The maximum Gasteiger partial charge on any atom is 0.157 e. The fourth-order valence-corrected chi connectivity index (χ4v) is 4.93. The zero-order chi connectivity index (χ0) is 25.9. The molecule has 0 N–H and O–H groups in total. The van der Waals surface area contributed by atoms with E-state index in [4.69, 9.17) is 28.7 Å². The molecule has 1 fully saturated rings. The highest BCUT2D eigenvalue weighted by Crippen LogP contribution is 2.55. The van der Waals surface area contributed by atoms with Crippen LogP contribution in [0.15, 0.2) is 97.1 Å². The van der Waals surface area contributed by atoms with Gasteiger partial charge in [0.25, 0.3) is 0 Å². The van der Waals surface area contributed by atoms with Gasteiger partial charge in [0.1, 0.15) is 23.0 Å². The summed E-state index contributed by atoms with van der Waals surface area (Å²) >= 11 is 0. The zero-order valence-electron chi connectivity index (χ0n) is 21.4. The van der Waals surface area contributed by atoms with Crippen molar-refractivity contribution in [1.29, 1.82) is 0 Å². The third-order valence-electron chi connectivity index (χ3n) is 7.05. The predicted octanol–water partition coefficient (Wildman–Crippen LogP) is 6.26. The van der Waals surface area contributed by atoms with Crippen LogP contribution in [0.3, 0.4) is 0 Å². The van der Waals surface area contributed by atoms with Gasteiger partial charge < -0.3 is 18.9 Å². The summed E-state index contributed by atoms with van der Waals surface area (Å²) in [6.07, 6.45) is 0.483. The molecule has 4 aromatic carbocycles. The van der Waals surface area contributed by atoms with Crippen LogP contribution in [-0.4, -0.2) is 28.4 Å². The zero-order valence-corrected chi connectivity index (χ0v) is 21.4. The van der Waals surface area contributed by atoms with Gasteiger partial charge in [0.05, 0.1) is 28.4 Å². The molecule has 0 unspecified atom stereocenters. The van der Waals surface area contributed by atoms with Crippen LogP contribution in [0.25, 0.3) is 0 Å². The van der Waals surface area contributed by atoms with Crippen molar-refractivity contribution in [2.45, 2.75) is 17.6 Å². The monoisotopic (exact) mass is 498 g/mol. The normalized spacial score (nSPS) is 15.7. The number of rotatable bonds is 8. The number of hydrogen-bond donors (Lipinski definition) is 0. The van der Waals surface area contributed by atoms with Crippen LogP contribution in [0.4, 0.5) is 0 Å². The Bertz CT molecular complexity index is 1110. The summed E-state index contributed by atoms with van der Waals surface area (Å²) in [4.78, 5) is 12.9. The Morgan fingerprint density at radius 3 is 0.811 bits per heavy atom. The van der Waals surface area contributed by atoms with E-state index in [9.17, 15) is 0 Å². The fourth-order valence-electron chi connectivity index (χ4n) is 4.93. The Morgan fingerprint density at radius 2 is 0.622 bits per heavy atom. The Morgan fingerprint density at radius 1 is 0.405 bits per heavy atom. The van der Waals surface area contributed by atoms with Gasteiger partial charge in [-0.1, -0.05) is 48.5 Å². The largest absolute Gasteiger partial charge is 0.497 e. The van der Waals surface area contributed by atoms with Crippen molar-refractivity contribution in [3.05, 3.63) is 119 Å². The van der Waals surface area contributed by atoms with Crippen LogP contribution < -0.4 is 18.9 Å². The molecule has 0 aromatic heterocycles. The van der Waals surface area contributed by atoms with E-state index in [2.05, 4.69) is 0 Å². The predicted molar refractivity (Wildman–Crippen MR) is 140 cm³/mol. The smallest absolute Gasteiger partial charge is 0.157 e. The maximum atomic E-state index is 6.45. The van der Waals surface area contributed by atoms with E-state index in [1.54, 1.807) is 28.4 Å². The van der Waals surface area contributed by atoms with Crippen molar-refractivity contribution in [3.8, 4) is 23.0 Å². The Balaban J connectivity index is 1.69. The molecule has 4 aromatic rings. The van der Waals surface area contributed by atoms with Crippen LogP contribution in [0.2, 0.25) is 0 Å². The molecule has 0 amide bonds. The molecule has 0 atom stereocenters. The highest BCUT2D eigenvalue weighted by Gasteiger charge is 2.55. The molecular formula is C31H30O6. The molecule has 37 heavy (non-hydrogen) atoms. The number of benzene rings is 4. The van der Waals surface area contributed by atoms with Gasteiger partial charge in [0, 0.05) is 6.42 Å². The van der Waals surface area contributed by atoms with Crippen LogP contribution in [-0.2, 0) is 21.0 Å².